The Hall–Kier alpha value is 0.317. The Labute approximate surface area is 196 Å². The van der Waals surface area contributed by atoms with E-state index >= 15 is 0 Å². The second kappa shape index (κ2) is 11.3. The summed E-state index contributed by atoms with van der Waals surface area (Å²) < 4.78 is 32.2. The molecule has 2 aromatic rings. The van der Waals surface area contributed by atoms with Crippen LogP contribution in [-0.4, -0.2) is 47.9 Å². The molecule has 2 heterocycles. The van der Waals surface area contributed by atoms with Crippen LogP contribution in [0.25, 0.3) is 11.2 Å². The molecule has 0 saturated carbocycles. The van der Waals surface area contributed by atoms with Crippen molar-refractivity contribution in [2.24, 2.45) is 0 Å². The molecule has 29 heavy (non-hydrogen) atoms. The number of imidazole rings is 1. The van der Waals surface area contributed by atoms with Crippen LogP contribution in [0.2, 0.25) is 30.7 Å². The van der Waals surface area contributed by atoms with Gasteiger partial charge in [0.15, 0.2) is 10.8 Å². The first-order chi connectivity index (χ1) is 13.6. The van der Waals surface area contributed by atoms with Gasteiger partial charge in [-0.15, -0.1) is 0 Å². The number of aromatic nitrogens is 3. The maximum Gasteiger partial charge on any atom is 0.340 e. The molecule has 0 amide bonds. The lowest BCUT2D eigenvalue weighted by atomic mass is 10.4. The van der Waals surface area contributed by atoms with Gasteiger partial charge in [-0.1, -0.05) is 43.0 Å². The van der Waals surface area contributed by atoms with E-state index in [1.54, 1.807) is 13.8 Å². The Bertz CT molecular complexity index is 870. The summed E-state index contributed by atoms with van der Waals surface area (Å²) in [6, 6.07) is 2.91. The Morgan fingerprint density at radius 2 is 1.90 bits per heavy atom. The largest absolute Gasteiger partial charge is 0.361 e. The quantitative estimate of drug-likeness (QED) is 0.0714. The first kappa shape index (κ1) is 25.6. The van der Waals surface area contributed by atoms with Gasteiger partial charge in [0.2, 0.25) is 0 Å². The SMILES string of the molecule is CCOP(=O)(CSc1nc2nc(I)c(Cl)cc2n1COCC[Si](C)(C)C)OCC. The summed E-state index contributed by atoms with van der Waals surface area (Å²) in [5.41, 5.74) is 1.53. The van der Waals surface area contributed by atoms with E-state index in [1.165, 1.54) is 11.8 Å². The monoisotopic (exact) mass is 591 g/mol. The van der Waals surface area contributed by atoms with E-state index < -0.39 is 15.7 Å². The van der Waals surface area contributed by atoms with Crippen molar-refractivity contribution in [2.45, 2.75) is 51.4 Å². The van der Waals surface area contributed by atoms with Crippen LogP contribution in [0.15, 0.2) is 11.2 Å². The zero-order valence-electron chi connectivity index (χ0n) is 17.4. The third kappa shape index (κ3) is 7.75. The average Bonchev–Trinajstić information content (AvgIpc) is 2.94. The molecule has 0 aliphatic heterocycles. The summed E-state index contributed by atoms with van der Waals surface area (Å²) in [5, 5.41) is 1.21. The number of hydrogen-bond donors (Lipinski definition) is 0. The molecule has 7 nitrogen and oxygen atoms in total. The van der Waals surface area contributed by atoms with Gasteiger partial charge in [-0.25, -0.2) is 9.97 Å². The van der Waals surface area contributed by atoms with Gasteiger partial charge in [0, 0.05) is 14.7 Å². The van der Waals surface area contributed by atoms with Gasteiger partial charge in [-0.2, -0.15) is 0 Å². The summed E-state index contributed by atoms with van der Waals surface area (Å²) >= 11 is 9.68. The first-order valence-electron chi connectivity index (χ1n) is 9.39. The van der Waals surface area contributed by atoms with Gasteiger partial charge < -0.3 is 13.8 Å². The fraction of sp³-hybridized carbons (Fsp3) is 0.647. The van der Waals surface area contributed by atoms with Crippen molar-refractivity contribution in [1.82, 2.24) is 14.5 Å². The highest BCUT2D eigenvalue weighted by Gasteiger charge is 2.26. The third-order valence-electron chi connectivity index (χ3n) is 3.84. The zero-order chi connectivity index (χ0) is 21.7. The maximum absolute atomic E-state index is 12.8. The molecule has 164 valence electrons. The minimum atomic E-state index is -3.19. The van der Waals surface area contributed by atoms with Crippen molar-refractivity contribution in [3.8, 4) is 0 Å². The number of ether oxygens (including phenoxy) is 1. The highest BCUT2D eigenvalue weighted by Crippen LogP contribution is 2.52. The number of thioether (sulfide) groups is 1. The predicted octanol–water partition coefficient (Wildman–Crippen LogP) is 6.32. The number of pyridine rings is 1. The van der Waals surface area contributed by atoms with Crippen LogP contribution in [0, 0.1) is 3.70 Å². The molecule has 0 atom stereocenters. The smallest absolute Gasteiger partial charge is 0.340 e. The molecule has 0 N–H and O–H groups in total. The summed E-state index contributed by atoms with van der Waals surface area (Å²) in [5.74, 6) is 0. The van der Waals surface area contributed by atoms with Gasteiger partial charge in [0.05, 0.1) is 23.8 Å². The van der Waals surface area contributed by atoms with Gasteiger partial charge in [0.25, 0.3) is 0 Å². The van der Waals surface area contributed by atoms with Crippen LogP contribution in [0.1, 0.15) is 13.8 Å². The van der Waals surface area contributed by atoms with Crippen molar-refractivity contribution < 1.29 is 18.3 Å². The Morgan fingerprint density at radius 3 is 2.48 bits per heavy atom. The van der Waals surface area contributed by atoms with Gasteiger partial charge in [-0.3, -0.25) is 9.13 Å². The zero-order valence-corrected chi connectivity index (χ0v) is 23.0. The van der Waals surface area contributed by atoms with E-state index in [9.17, 15) is 4.57 Å². The normalized spacial score (nSPS) is 12.8. The maximum atomic E-state index is 12.8. The summed E-state index contributed by atoms with van der Waals surface area (Å²) in [6.07, 6.45) is 0. The molecule has 0 fully saturated rings. The molecule has 0 saturated heterocycles. The van der Waals surface area contributed by atoms with Gasteiger partial charge in [-0.05, 0) is 48.5 Å². The first-order valence-corrected chi connectivity index (χ1v) is 17.3. The van der Waals surface area contributed by atoms with E-state index in [4.69, 9.17) is 25.4 Å². The molecule has 0 unspecified atom stereocenters. The van der Waals surface area contributed by atoms with E-state index in [2.05, 4.69) is 52.2 Å². The molecule has 0 aliphatic rings. The number of halogens is 2. The highest BCUT2D eigenvalue weighted by molar-refractivity contribution is 14.1. The van der Waals surface area contributed by atoms with Crippen LogP contribution in [0.4, 0.5) is 0 Å². The van der Waals surface area contributed by atoms with E-state index in [0.29, 0.717) is 46.1 Å². The predicted molar refractivity (Wildman–Crippen MR) is 131 cm³/mol. The number of rotatable bonds is 12. The van der Waals surface area contributed by atoms with E-state index in [1.807, 2.05) is 10.6 Å². The molecule has 0 aliphatic carbocycles. The van der Waals surface area contributed by atoms with Crippen molar-refractivity contribution in [3.63, 3.8) is 0 Å². The summed E-state index contributed by atoms with van der Waals surface area (Å²) in [4.78, 5) is 9.08. The molecular weight excluding hydrogens is 564 g/mol. The fourth-order valence-electron chi connectivity index (χ4n) is 2.39. The Balaban J connectivity index is 2.26. The number of fused-ring (bicyclic) bond motifs is 1. The van der Waals surface area contributed by atoms with Crippen molar-refractivity contribution in [3.05, 3.63) is 14.8 Å². The van der Waals surface area contributed by atoms with Crippen LogP contribution in [0.5, 0.6) is 0 Å². The standard InChI is InChI=1S/C17H28ClIN3O4PSSi/c1-6-25-27(23,26-7-2)12-28-17-21-16-14(10-13(18)15(19)20-16)22(17)11-24-8-9-29(3,4)5/h10H,6-9,11-12H2,1-5H3. The molecule has 0 bridgehead atoms. The molecular formula is C17H28ClIN3O4PSSi. The average molecular weight is 592 g/mol. The van der Waals surface area contributed by atoms with Gasteiger partial charge >= 0.3 is 7.60 Å². The van der Waals surface area contributed by atoms with E-state index in [0.717, 1.165) is 11.6 Å². The molecule has 2 aromatic heterocycles. The molecule has 2 rings (SSSR count). The minimum absolute atomic E-state index is 0.164. The second-order valence-corrected chi connectivity index (χ2v) is 18.0. The van der Waals surface area contributed by atoms with Crippen molar-refractivity contribution in [2.75, 3.05) is 25.3 Å². The van der Waals surface area contributed by atoms with Crippen molar-refractivity contribution in [1.29, 1.82) is 0 Å². The summed E-state index contributed by atoms with van der Waals surface area (Å²) in [7, 11) is -4.38. The lowest BCUT2D eigenvalue weighted by Gasteiger charge is -2.17. The molecule has 0 aromatic carbocycles. The Morgan fingerprint density at radius 1 is 1.24 bits per heavy atom. The topological polar surface area (TPSA) is 75.5 Å². The fourth-order valence-corrected chi connectivity index (χ4v) is 6.69. The second-order valence-electron chi connectivity index (χ2n) is 7.49. The summed E-state index contributed by atoms with van der Waals surface area (Å²) in [6.45, 7) is 12.2. The van der Waals surface area contributed by atoms with E-state index in [-0.39, 0.29) is 5.49 Å². The molecule has 12 heteroatoms. The van der Waals surface area contributed by atoms with Gasteiger partial charge in [0.1, 0.15) is 15.9 Å². The lowest BCUT2D eigenvalue weighted by molar-refractivity contribution is 0.0843. The third-order valence-corrected chi connectivity index (χ3v) is 10.6. The van der Waals surface area contributed by atoms with Crippen LogP contribution in [0.3, 0.4) is 0 Å². The Kier molecular flexibility index (Phi) is 9.93. The van der Waals surface area contributed by atoms with Crippen LogP contribution >= 0.6 is 53.5 Å². The van der Waals surface area contributed by atoms with Crippen LogP contribution in [-0.2, 0) is 25.1 Å². The molecule has 0 radical (unpaired) electrons. The number of nitrogens with zero attached hydrogens (tertiary/aromatic N) is 3. The van der Waals surface area contributed by atoms with Crippen molar-refractivity contribution >= 4 is 72.8 Å². The lowest BCUT2D eigenvalue weighted by Crippen LogP contribution is -2.22. The highest BCUT2D eigenvalue weighted by atomic mass is 127. The minimum Gasteiger partial charge on any atom is -0.361 e. The van der Waals surface area contributed by atoms with Crippen LogP contribution < -0.4 is 0 Å². The number of hydrogen-bond acceptors (Lipinski definition) is 7. The molecule has 0 spiro atoms.